The molecular formula is C21H21N3O3. The summed E-state index contributed by atoms with van der Waals surface area (Å²) >= 11 is 0. The number of pyridine rings is 1. The molecule has 5 rings (SSSR count). The van der Waals surface area contributed by atoms with E-state index in [2.05, 4.69) is 4.90 Å². The molecular weight excluding hydrogens is 342 g/mol. The van der Waals surface area contributed by atoms with Gasteiger partial charge in [-0.25, -0.2) is 4.90 Å². The number of carbonyl (C=O) groups excluding carboxylic acids is 2. The number of carbonyl (C=O) groups is 2. The van der Waals surface area contributed by atoms with Crippen LogP contribution in [0.1, 0.15) is 24.5 Å². The second-order valence-corrected chi connectivity index (χ2v) is 7.77. The first kappa shape index (κ1) is 16.4. The summed E-state index contributed by atoms with van der Waals surface area (Å²) in [5, 5.41) is 0. The van der Waals surface area contributed by atoms with E-state index in [1.54, 1.807) is 18.2 Å². The molecule has 0 spiro atoms. The maximum Gasteiger partial charge on any atom is 0.251 e. The van der Waals surface area contributed by atoms with Gasteiger partial charge in [-0.05, 0) is 30.5 Å². The van der Waals surface area contributed by atoms with Gasteiger partial charge in [-0.15, -0.1) is 0 Å². The molecule has 1 aromatic heterocycles. The zero-order valence-electron chi connectivity index (χ0n) is 15.0. The summed E-state index contributed by atoms with van der Waals surface area (Å²) in [6, 6.07) is 14.2. The fraction of sp³-hybridized carbons (Fsp3) is 0.381. The highest BCUT2D eigenvalue weighted by molar-refractivity contribution is 6.22. The molecule has 0 N–H and O–H groups in total. The van der Waals surface area contributed by atoms with Crippen LogP contribution in [0, 0.1) is 5.92 Å². The molecule has 6 nitrogen and oxygen atoms in total. The van der Waals surface area contributed by atoms with Crippen LogP contribution in [-0.4, -0.2) is 40.4 Å². The predicted octanol–water partition coefficient (Wildman–Crippen LogP) is 1.60. The van der Waals surface area contributed by atoms with Gasteiger partial charge in [0.1, 0.15) is 0 Å². The van der Waals surface area contributed by atoms with Crippen molar-refractivity contribution < 1.29 is 9.59 Å². The van der Waals surface area contributed by atoms with Gasteiger partial charge in [-0.3, -0.25) is 19.3 Å². The number of para-hydroxylation sites is 1. The van der Waals surface area contributed by atoms with E-state index in [1.165, 1.54) is 4.90 Å². The van der Waals surface area contributed by atoms with Gasteiger partial charge in [0.05, 0.1) is 18.2 Å². The number of anilines is 1. The van der Waals surface area contributed by atoms with Gasteiger partial charge < -0.3 is 4.57 Å². The van der Waals surface area contributed by atoms with Crippen molar-refractivity contribution in [2.75, 3.05) is 18.0 Å². The van der Waals surface area contributed by atoms with Crippen LogP contribution in [0.25, 0.3) is 0 Å². The Balaban J connectivity index is 1.42. The maximum atomic E-state index is 13.0. The van der Waals surface area contributed by atoms with Gasteiger partial charge in [0, 0.05) is 37.3 Å². The van der Waals surface area contributed by atoms with Crippen molar-refractivity contribution in [1.82, 2.24) is 9.47 Å². The maximum absolute atomic E-state index is 13.0. The first-order chi connectivity index (χ1) is 13.1. The molecule has 0 unspecified atom stereocenters. The molecule has 138 valence electrons. The van der Waals surface area contributed by atoms with E-state index in [4.69, 9.17) is 0 Å². The lowest BCUT2D eigenvalue weighted by Gasteiger charge is -2.44. The summed E-state index contributed by atoms with van der Waals surface area (Å²) in [4.78, 5) is 41.3. The molecule has 27 heavy (non-hydrogen) atoms. The number of rotatable bonds is 2. The molecule has 3 atom stereocenters. The van der Waals surface area contributed by atoms with Crippen molar-refractivity contribution in [3.05, 3.63) is 64.6 Å². The SMILES string of the molecule is O=C1C[C@H](N2C[C@H]3C[C@@H](C2)c2cccc(=O)n2C3)C(=O)N1c1ccccc1. The Kier molecular flexibility index (Phi) is 3.75. The largest absolute Gasteiger partial charge is 0.312 e. The molecule has 1 aromatic carbocycles. The van der Waals surface area contributed by atoms with Crippen molar-refractivity contribution in [2.45, 2.75) is 31.3 Å². The summed E-state index contributed by atoms with van der Waals surface area (Å²) in [5.74, 6) is 0.310. The van der Waals surface area contributed by atoms with Crippen molar-refractivity contribution in [2.24, 2.45) is 5.92 Å². The zero-order chi connectivity index (χ0) is 18.5. The van der Waals surface area contributed by atoms with Crippen LogP contribution < -0.4 is 10.5 Å². The molecule has 2 bridgehead atoms. The number of hydrogen-bond acceptors (Lipinski definition) is 4. The Morgan fingerprint density at radius 3 is 2.48 bits per heavy atom. The lowest BCUT2D eigenvalue weighted by Crippen LogP contribution is -2.52. The van der Waals surface area contributed by atoms with E-state index in [9.17, 15) is 14.4 Å². The van der Waals surface area contributed by atoms with Crippen molar-refractivity contribution in [3.8, 4) is 0 Å². The van der Waals surface area contributed by atoms with Crippen molar-refractivity contribution in [3.63, 3.8) is 0 Å². The van der Waals surface area contributed by atoms with E-state index in [-0.39, 0.29) is 29.7 Å². The van der Waals surface area contributed by atoms with E-state index in [1.807, 2.05) is 34.9 Å². The lowest BCUT2D eigenvalue weighted by atomic mass is 9.82. The summed E-state index contributed by atoms with van der Waals surface area (Å²) < 4.78 is 1.88. The van der Waals surface area contributed by atoms with Gasteiger partial charge in [-0.1, -0.05) is 24.3 Å². The van der Waals surface area contributed by atoms with Crippen LogP contribution in [0.3, 0.4) is 0 Å². The molecule has 3 aliphatic heterocycles. The number of benzene rings is 1. The third-order valence-electron chi connectivity index (χ3n) is 6.09. The number of likely N-dealkylation sites (tertiary alicyclic amines) is 1. The summed E-state index contributed by atoms with van der Waals surface area (Å²) in [6.45, 7) is 2.16. The Morgan fingerprint density at radius 1 is 0.852 bits per heavy atom. The van der Waals surface area contributed by atoms with Crippen LogP contribution in [0.4, 0.5) is 5.69 Å². The minimum atomic E-state index is -0.398. The highest BCUT2D eigenvalue weighted by atomic mass is 16.2. The second kappa shape index (κ2) is 6.16. The summed E-state index contributed by atoms with van der Waals surface area (Å²) in [6.07, 6.45) is 1.27. The number of amides is 2. The molecule has 2 saturated heterocycles. The van der Waals surface area contributed by atoms with E-state index in [0.29, 0.717) is 24.7 Å². The molecule has 0 saturated carbocycles. The van der Waals surface area contributed by atoms with Gasteiger partial charge in [-0.2, -0.15) is 0 Å². The molecule has 2 aromatic rings. The molecule has 2 amide bonds. The monoisotopic (exact) mass is 363 g/mol. The first-order valence-corrected chi connectivity index (χ1v) is 9.47. The smallest absolute Gasteiger partial charge is 0.251 e. The molecule has 0 radical (unpaired) electrons. The Bertz CT molecular complexity index is 968. The molecule has 6 heteroatoms. The fourth-order valence-corrected chi connectivity index (χ4v) is 4.94. The minimum Gasteiger partial charge on any atom is -0.312 e. The fourth-order valence-electron chi connectivity index (χ4n) is 4.94. The Labute approximate surface area is 157 Å². The minimum absolute atomic E-state index is 0.0537. The number of piperidine rings is 1. The van der Waals surface area contributed by atoms with Crippen LogP contribution in [0.15, 0.2) is 53.3 Å². The summed E-state index contributed by atoms with van der Waals surface area (Å²) in [7, 11) is 0. The normalized spacial score (nSPS) is 27.7. The van der Waals surface area contributed by atoms with Crippen LogP contribution in [-0.2, 0) is 16.1 Å². The average molecular weight is 363 g/mol. The highest BCUT2D eigenvalue weighted by Gasteiger charge is 2.46. The van der Waals surface area contributed by atoms with Gasteiger partial charge in [0.25, 0.3) is 11.5 Å². The van der Waals surface area contributed by atoms with Crippen LogP contribution in [0.5, 0.6) is 0 Å². The van der Waals surface area contributed by atoms with Gasteiger partial charge in [0.2, 0.25) is 5.91 Å². The van der Waals surface area contributed by atoms with Crippen LogP contribution in [0.2, 0.25) is 0 Å². The number of imide groups is 1. The Hall–Kier alpha value is -2.73. The summed E-state index contributed by atoms with van der Waals surface area (Å²) in [5.41, 5.74) is 1.75. The molecule has 4 heterocycles. The van der Waals surface area contributed by atoms with Crippen molar-refractivity contribution in [1.29, 1.82) is 0 Å². The number of fused-ring (bicyclic) bond motifs is 4. The number of nitrogens with zero attached hydrogens (tertiary/aromatic N) is 3. The predicted molar refractivity (Wildman–Crippen MR) is 100 cm³/mol. The average Bonchev–Trinajstić information content (AvgIpc) is 2.97. The number of aromatic nitrogens is 1. The van der Waals surface area contributed by atoms with Crippen molar-refractivity contribution >= 4 is 17.5 Å². The second-order valence-electron chi connectivity index (χ2n) is 7.77. The third kappa shape index (κ3) is 2.63. The Morgan fingerprint density at radius 2 is 1.67 bits per heavy atom. The topological polar surface area (TPSA) is 62.6 Å². The van der Waals surface area contributed by atoms with Crippen LogP contribution >= 0.6 is 0 Å². The van der Waals surface area contributed by atoms with E-state index in [0.717, 1.165) is 18.7 Å². The molecule has 0 aliphatic carbocycles. The van der Waals surface area contributed by atoms with E-state index >= 15 is 0 Å². The first-order valence-electron chi connectivity index (χ1n) is 9.47. The number of hydrogen-bond donors (Lipinski definition) is 0. The molecule has 2 fully saturated rings. The van der Waals surface area contributed by atoms with Gasteiger partial charge >= 0.3 is 0 Å². The highest BCUT2D eigenvalue weighted by Crippen LogP contribution is 2.37. The van der Waals surface area contributed by atoms with E-state index < -0.39 is 6.04 Å². The lowest BCUT2D eigenvalue weighted by molar-refractivity contribution is -0.123. The standard InChI is InChI=1S/C21H21N3O3/c25-19-8-4-7-17-15-9-14(12-23(17)19)11-22(13-15)18-10-20(26)24(21(18)27)16-5-2-1-3-6-16/h1-8,14-15,18H,9-13H2/t14-,15+,18+/m1/s1. The quantitative estimate of drug-likeness (QED) is 0.761. The zero-order valence-corrected chi connectivity index (χ0v) is 15.0. The van der Waals surface area contributed by atoms with Gasteiger partial charge in [0.15, 0.2) is 0 Å². The third-order valence-corrected chi connectivity index (χ3v) is 6.09. The molecule has 3 aliphatic rings.